The standard InChI is InChI=1S/C11H13F2N/c1-8-2-3-9(5-11(8)13)4-10(6-12)7-14/h2-3,5-6H,4,7,14H2,1H3. The van der Waals surface area contributed by atoms with E-state index in [-0.39, 0.29) is 12.4 Å². The fraction of sp³-hybridized carbons (Fsp3) is 0.273. The molecule has 3 heteroatoms. The van der Waals surface area contributed by atoms with Crippen LogP contribution in [0.25, 0.3) is 0 Å². The zero-order valence-electron chi connectivity index (χ0n) is 8.06. The molecule has 0 atom stereocenters. The second-order valence-electron chi connectivity index (χ2n) is 3.23. The van der Waals surface area contributed by atoms with Crippen LogP contribution in [0.5, 0.6) is 0 Å². The van der Waals surface area contributed by atoms with Crippen LogP contribution in [-0.4, -0.2) is 6.54 Å². The molecule has 1 rings (SSSR count). The van der Waals surface area contributed by atoms with E-state index in [4.69, 9.17) is 5.73 Å². The lowest BCUT2D eigenvalue weighted by atomic mass is 10.0. The lowest BCUT2D eigenvalue weighted by Gasteiger charge is -2.04. The number of benzene rings is 1. The van der Waals surface area contributed by atoms with Gasteiger partial charge in [0, 0.05) is 6.54 Å². The molecule has 0 saturated heterocycles. The molecule has 1 nitrogen and oxygen atoms in total. The lowest BCUT2D eigenvalue weighted by Crippen LogP contribution is -2.05. The maximum absolute atomic E-state index is 13.1. The first-order valence-corrected chi connectivity index (χ1v) is 4.40. The summed E-state index contributed by atoms with van der Waals surface area (Å²) in [6.07, 6.45) is 0.849. The van der Waals surface area contributed by atoms with E-state index in [2.05, 4.69) is 0 Å². The number of hydrogen-bond donors (Lipinski definition) is 1. The Balaban J connectivity index is 2.82. The van der Waals surface area contributed by atoms with Crippen molar-refractivity contribution in [2.75, 3.05) is 6.54 Å². The molecule has 1 aromatic rings. The SMILES string of the molecule is Cc1ccc(CC(=CF)CN)cc1F. The highest BCUT2D eigenvalue weighted by molar-refractivity contribution is 5.27. The van der Waals surface area contributed by atoms with E-state index in [1.54, 1.807) is 19.1 Å². The second kappa shape index (κ2) is 4.86. The van der Waals surface area contributed by atoms with Gasteiger partial charge in [0.25, 0.3) is 0 Å². The van der Waals surface area contributed by atoms with E-state index in [0.29, 0.717) is 23.9 Å². The van der Waals surface area contributed by atoms with Crippen LogP contribution in [0.3, 0.4) is 0 Å². The van der Waals surface area contributed by atoms with Gasteiger partial charge in [0.1, 0.15) is 5.82 Å². The first kappa shape index (κ1) is 10.9. The van der Waals surface area contributed by atoms with Gasteiger partial charge >= 0.3 is 0 Å². The van der Waals surface area contributed by atoms with Crippen molar-refractivity contribution >= 4 is 0 Å². The zero-order valence-corrected chi connectivity index (χ0v) is 8.06. The molecule has 1 aromatic carbocycles. The highest BCUT2D eigenvalue weighted by Crippen LogP contribution is 2.12. The fourth-order valence-corrected chi connectivity index (χ4v) is 1.16. The predicted octanol–water partition coefficient (Wildman–Crippen LogP) is 2.49. The van der Waals surface area contributed by atoms with Crippen molar-refractivity contribution in [2.24, 2.45) is 5.73 Å². The molecule has 0 aromatic heterocycles. The first-order chi connectivity index (χ1) is 6.67. The summed E-state index contributed by atoms with van der Waals surface area (Å²) >= 11 is 0. The Bertz CT molecular complexity index is 345. The molecule has 76 valence electrons. The minimum Gasteiger partial charge on any atom is -0.327 e. The van der Waals surface area contributed by atoms with E-state index in [1.807, 2.05) is 0 Å². The van der Waals surface area contributed by atoms with Crippen molar-refractivity contribution < 1.29 is 8.78 Å². The van der Waals surface area contributed by atoms with Crippen molar-refractivity contribution in [2.45, 2.75) is 13.3 Å². The Kier molecular flexibility index (Phi) is 3.77. The Morgan fingerprint density at radius 3 is 2.71 bits per heavy atom. The van der Waals surface area contributed by atoms with Gasteiger partial charge in [0.05, 0.1) is 6.33 Å². The number of nitrogens with two attached hydrogens (primary N) is 1. The zero-order chi connectivity index (χ0) is 10.6. The molecular weight excluding hydrogens is 184 g/mol. The fourth-order valence-electron chi connectivity index (χ4n) is 1.16. The molecule has 0 bridgehead atoms. The molecule has 0 unspecified atom stereocenters. The molecule has 0 radical (unpaired) electrons. The van der Waals surface area contributed by atoms with Crippen LogP contribution in [0, 0.1) is 12.7 Å². The number of aryl methyl sites for hydroxylation is 1. The van der Waals surface area contributed by atoms with Gasteiger partial charge < -0.3 is 5.73 Å². The van der Waals surface area contributed by atoms with Crippen molar-refractivity contribution in [1.82, 2.24) is 0 Å². The number of hydrogen-bond acceptors (Lipinski definition) is 1. The molecule has 0 aliphatic heterocycles. The molecule has 14 heavy (non-hydrogen) atoms. The molecule has 0 aliphatic carbocycles. The summed E-state index contributed by atoms with van der Waals surface area (Å²) in [5.74, 6) is -0.266. The van der Waals surface area contributed by atoms with Crippen molar-refractivity contribution in [3.05, 3.63) is 47.0 Å². The predicted molar refractivity (Wildman–Crippen MR) is 53.1 cm³/mol. The van der Waals surface area contributed by atoms with Gasteiger partial charge in [-0.25, -0.2) is 8.78 Å². The second-order valence-corrected chi connectivity index (χ2v) is 3.23. The van der Waals surface area contributed by atoms with Gasteiger partial charge in [0.2, 0.25) is 0 Å². The third-order valence-corrected chi connectivity index (χ3v) is 2.08. The highest BCUT2D eigenvalue weighted by atomic mass is 19.1. The Morgan fingerprint density at radius 1 is 1.50 bits per heavy atom. The van der Waals surface area contributed by atoms with Crippen LogP contribution in [0.2, 0.25) is 0 Å². The van der Waals surface area contributed by atoms with Crippen LogP contribution in [0.1, 0.15) is 11.1 Å². The largest absolute Gasteiger partial charge is 0.327 e. The summed E-state index contributed by atoms with van der Waals surface area (Å²) in [6, 6.07) is 4.86. The third-order valence-electron chi connectivity index (χ3n) is 2.08. The van der Waals surface area contributed by atoms with E-state index in [9.17, 15) is 8.78 Å². The molecule has 0 amide bonds. The van der Waals surface area contributed by atoms with Crippen LogP contribution >= 0.6 is 0 Å². The normalized spacial score (nSPS) is 11.9. The average molecular weight is 197 g/mol. The molecule has 0 saturated carbocycles. The van der Waals surface area contributed by atoms with Crippen molar-refractivity contribution in [3.8, 4) is 0 Å². The van der Waals surface area contributed by atoms with Crippen molar-refractivity contribution in [3.63, 3.8) is 0 Å². The lowest BCUT2D eigenvalue weighted by molar-refractivity contribution is 0.616. The van der Waals surface area contributed by atoms with Gasteiger partial charge in [-0.1, -0.05) is 12.1 Å². The summed E-state index contributed by atoms with van der Waals surface area (Å²) in [7, 11) is 0. The topological polar surface area (TPSA) is 26.0 Å². The van der Waals surface area contributed by atoms with Gasteiger partial charge in [-0.2, -0.15) is 0 Å². The van der Waals surface area contributed by atoms with Gasteiger partial charge in [-0.05, 0) is 36.1 Å². The molecule has 0 heterocycles. The third kappa shape index (κ3) is 2.64. The summed E-state index contributed by atoms with van der Waals surface area (Å²) in [6.45, 7) is 1.85. The minimum atomic E-state index is -0.266. The molecule has 0 aliphatic rings. The van der Waals surface area contributed by atoms with Gasteiger partial charge in [0.15, 0.2) is 0 Å². The van der Waals surface area contributed by atoms with Crippen LogP contribution in [0.15, 0.2) is 30.1 Å². The van der Waals surface area contributed by atoms with E-state index in [0.717, 1.165) is 5.56 Å². The quantitative estimate of drug-likeness (QED) is 0.791. The van der Waals surface area contributed by atoms with E-state index >= 15 is 0 Å². The highest BCUT2D eigenvalue weighted by Gasteiger charge is 2.01. The summed E-state index contributed by atoms with van der Waals surface area (Å²) in [5.41, 5.74) is 7.09. The minimum absolute atomic E-state index is 0.159. The summed E-state index contributed by atoms with van der Waals surface area (Å²) in [4.78, 5) is 0. The Hall–Kier alpha value is -1.22. The number of halogens is 2. The Labute approximate surface area is 82.2 Å². The summed E-state index contributed by atoms with van der Waals surface area (Å²) < 4.78 is 25.3. The van der Waals surface area contributed by atoms with Crippen LogP contribution in [-0.2, 0) is 6.42 Å². The molecular formula is C11H13F2N. The molecule has 2 N–H and O–H groups in total. The summed E-state index contributed by atoms with van der Waals surface area (Å²) in [5, 5.41) is 0. The average Bonchev–Trinajstić information content (AvgIpc) is 2.19. The Morgan fingerprint density at radius 2 is 2.21 bits per heavy atom. The molecule has 0 spiro atoms. The van der Waals surface area contributed by atoms with Gasteiger partial charge in [-0.15, -0.1) is 0 Å². The van der Waals surface area contributed by atoms with Crippen LogP contribution in [0.4, 0.5) is 8.78 Å². The number of rotatable bonds is 3. The van der Waals surface area contributed by atoms with Crippen molar-refractivity contribution in [1.29, 1.82) is 0 Å². The maximum atomic E-state index is 13.1. The maximum Gasteiger partial charge on any atom is 0.126 e. The van der Waals surface area contributed by atoms with E-state index < -0.39 is 0 Å². The van der Waals surface area contributed by atoms with Gasteiger partial charge in [-0.3, -0.25) is 0 Å². The first-order valence-electron chi connectivity index (χ1n) is 4.40. The monoisotopic (exact) mass is 197 g/mol. The van der Waals surface area contributed by atoms with E-state index in [1.165, 1.54) is 6.07 Å². The molecule has 0 fully saturated rings. The smallest absolute Gasteiger partial charge is 0.126 e. The van der Waals surface area contributed by atoms with Crippen LogP contribution < -0.4 is 5.73 Å².